The van der Waals surface area contributed by atoms with Gasteiger partial charge in [-0.25, -0.2) is 4.98 Å². The minimum absolute atomic E-state index is 0.0995. The molecule has 0 radical (unpaired) electrons. The van der Waals surface area contributed by atoms with Crippen molar-refractivity contribution in [1.82, 2.24) is 19.7 Å². The maximum absolute atomic E-state index is 12.2. The van der Waals surface area contributed by atoms with Gasteiger partial charge in [0, 0.05) is 16.8 Å². The molecule has 3 heterocycles. The van der Waals surface area contributed by atoms with Gasteiger partial charge in [0.1, 0.15) is 6.33 Å². The fourth-order valence-corrected chi connectivity index (χ4v) is 4.45. The first kappa shape index (κ1) is 20.5. The Morgan fingerprint density at radius 1 is 1.36 bits per heavy atom. The van der Waals surface area contributed by atoms with Crippen LogP contribution in [0.15, 0.2) is 34.4 Å². The number of carbonyl (C=O) groups is 2. The Hall–Kier alpha value is -2.24. The zero-order valence-corrected chi connectivity index (χ0v) is 17.6. The molecular weight excluding hydrogens is 418 g/mol. The molecule has 0 unspecified atom stereocenters. The van der Waals surface area contributed by atoms with Crippen LogP contribution in [0.5, 0.6) is 0 Å². The van der Waals surface area contributed by atoms with Crippen molar-refractivity contribution >= 4 is 51.4 Å². The van der Waals surface area contributed by atoms with Crippen molar-refractivity contribution in [3.05, 3.63) is 39.8 Å². The lowest BCUT2D eigenvalue weighted by Gasteiger charge is -2.05. The Bertz CT molecular complexity index is 907. The smallest absolute Gasteiger partial charge is 0.311 e. The van der Waals surface area contributed by atoms with E-state index in [9.17, 15) is 9.59 Å². The molecule has 1 N–H and O–H groups in total. The quantitative estimate of drug-likeness (QED) is 0.385. The van der Waals surface area contributed by atoms with Crippen molar-refractivity contribution in [1.29, 1.82) is 0 Å². The highest BCUT2D eigenvalue weighted by molar-refractivity contribution is 7.99. The van der Waals surface area contributed by atoms with Gasteiger partial charge in [0.25, 0.3) is 0 Å². The third-order valence-corrected chi connectivity index (χ3v) is 6.24. The Morgan fingerprint density at radius 2 is 2.25 bits per heavy atom. The summed E-state index contributed by atoms with van der Waals surface area (Å²) in [5.74, 6) is -0.317. The number of aryl methyl sites for hydroxylation is 2. The third kappa shape index (κ3) is 6.14. The SMILES string of the molecule is CCOC(=O)Cc1csc(NC(=O)CSc2nncn2CCc2cccs2)n1. The number of rotatable bonds is 10. The number of nitrogens with one attached hydrogen (secondary N) is 1. The van der Waals surface area contributed by atoms with Crippen LogP contribution in [-0.4, -0.2) is 44.0 Å². The summed E-state index contributed by atoms with van der Waals surface area (Å²) in [7, 11) is 0. The summed E-state index contributed by atoms with van der Waals surface area (Å²) in [5.41, 5.74) is 0.583. The molecule has 3 aromatic heterocycles. The van der Waals surface area contributed by atoms with Crippen molar-refractivity contribution in [3.8, 4) is 0 Å². The van der Waals surface area contributed by atoms with Gasteiger partial charge >= 0.3 is 5.97 Å². The Balaban J connectivity index is 1.45. The predicted molar refractivity (Wildman–Crippen MR) is 110 cm³/mol. The van der Waals surface area contributed by atoms with Crippen LogP contribution in [0, 0.1) is 0 Å². The van der Waals surface area contributed by atoms with E-state index in [1.165, 1.54) is 28.0 Å². The largest absolute Gasteiger partial charge is 0.466 e. The first-order chi connectivity index (χ1) is 13.6. The van der Waals surface area contributed by atoms with Crippen molar-refractivity contribution in [2.45, 2.75) is 31.5 Å². The van der Waals surface area contributed by atoms with E-state index in [4.69, 9.17) is 4.74 Å². The molecule has 28 heavy (non-hydrogen) atoms. The third-order valence-electron chi connectivity index (χ3n) is 3.52. The van der Waals surface area contributed by atoms with E-state index in [0.29, 0.717) is 22.6 Å². The van der Waals surface area contributed by atoms with E-state index in [0.717, 1.165) is 13.0 Å². The number of hydrogen-bond acceptors (Lipinski definition) is 9. The summed E-state index contributed by atoms with van der Waals surface area (Å²) in [5, 5.41) is 15.7. The van der Waals surface area contributed by atoms with Crippen molar-refractivity contribution in [2.75, 3.05) is 17.7 Å². The zero-order valence-electron chi connectivity index (χ0n) is 15.2. The van der Waals surface area contributed by atoms with Gasteiger partial charge in [-0.3, -0.25) is 9.59 Å². The summed E-state index contributed by atoms with van der Waals surface area (Å²) in [4.78, 5) is 29.2. The molecule has 0 saturated heterocycles. The standard InChI is InChI=1S/C17H19N5O3S3/c1-2-25-15(24)8-12-9-27-16(19-12)20-14(23)10-28-17-21-18-11-22(17)6-5-13-4-3-7-26-13/h3-4,7,9,11H,2,5-6,8,10H2,1H3,(H,19,20,23). The summed E-state index contributed by atoms with van der Waals surface area (Å²) in [6.45, 7) is 2.86. The molecule has 8 nitrogen and oxygen atoms in total. The average molecular weight is 438 g/mol. The summed E-state index contributed by atoms with van der Waals surface area (Å²) >= 11 is 4.32. The van der Waals surface area contributed by atoms with Crippen LogP contribution in [0.4, 0.5) is 5.13 Å². The number of thioether (sulfide) groups is 1. The van der Waals surface area contributed by atoms with Gasteiger partial charge in [0.2, 0.25) is 5.91 Å². The molecule has 0 atom stereocenters. The van der Waals surface area contributed by atoms with Crippen LogP contribution in [0.3, 0.4) is 0 Å². The highest BCUT2D eigenvalue weighted by Crippen LogP contribution is 2.19. The zero-order chi connectivity index (χ0) is 19.8. The van der Waals surface area contributed by atoms with Gasteiger partial charge in [-0.2, -0.15) is 0 Å². The lowest BCUT2D eigenvalue weighted by Crippen LogP contribution is -2.15. The molecule has 0 aliphatic heterocycles. The number of esters is 1. The molecule has 0 saturated carbocycles. The Labute approximate surface area is 174 Å². The minimum Gasteiger partial charge on any atom is -0.466 e. The molecule has 0 bridgehead atoms. The monoisotopic (exact) mass is 437 g/mol. The number of hydrogen-bond donors (Lipinski definition) is 1. The molecule has 148 valence electrons. The van der Waals surface area contributed by atoms with E-state index in [-0.39, 0.29) is 24.1 Å². The Kier molecular flexibility index (Phi) is 7.57. The molecule has 0 spiro atoms. The van der Waals surface area contributed by atoms with Crippen LogP contribution in [0.25, 0.3) is 0 Å². The maximum Gasteiger partial charge on any atom is 0.311 e. The second-order valence-corrected chi connectivity index (χ2v) is 8.43. The number of ether oxygens (including phenoxy) is 1. The second-order valence-electron chi connectivity index (χ2n) is 5.60. The van der Waals surface area contributed by atoms with Crippen molar-refractivity contribution in [2.24, 2.45) is 0 Å². The molecule has 3 aromatic rings. The molecule has 1 amide bonds. The molecule has 0 aromatic carbocycles. The molecule has 0 fully saturated rings. The molecule has 11 heteroatoms. The van der Waals surface area contributed by atoms with Gasteiger partial charge in [-0.15, -0.1) is 32.9 Å². The lowest BCUT2D eigenvalue weighted by atomic mass is 10.3. The first-order valence-electron chi connectivity index (χ1n) is 8.57. The average Bonchev–Trinajstić information content (AvgIpc) is 3.41. The van der Waals surface area contributed by atoms with Gasteiger partial charge in [-0.05, 0) is 24.8 Å². The van der Waals surface area contributed by atoms with Crippen molar-refractivity contribution < 1.29 is 14.3 Å². The van der Waals surface area contributed by atoms with Gasteiger partial charge in [-0.1, -0.05) is 17.8 Å². The predicted octanol–water partition coefficient (Wildman–Crippen LogP) is 2.88. The number of anilines is 1. The summed E-state index contributed by atoms with van der Waals surface area (Å²) in [6.07, 6.45) is 2.68. The van der Waals surface area contributed by atoms with Gasteiger partial charge in [0.05, 0.1) is 24.5 Å². The number of amides is 1. The number of carbonyl (C=O) groups excluding carboxylic acids is 2. The number of aromatic nitrogens is 4. The fraction of sp³-hybridized carbons (Fsp3) is 0.353. The molecule has 0 aliphatic rings. The Morgan fingerprint density at radius 3 is 3.04 bits per heavy atom. The molecule has 0 aliphatic carbocycles. The highest BCUT2D eigenvalue weighted by atomic mass is 32.2. The van der Waals surface area contributed by atoms with Crippen LogP contribution in [0.2, 0.25) is 0 Å². The summed E-state index contributed by atoms with van der Waals surface area (Å²) < 4.78 is 6.83. The maximum atomic E-state index is 12.2. The van der Waals surface area contributed by atoms with Gasteiger partial charge < -0.3 is 14.6 Å². The van der Waals surface area contributed by atoms with E-state index in [1.807, 2.05) is 10.6 Å². The van der Waals surface area contributed by atoms with Crippen molar-refractivity contribution in [3.63, 3.8) is 0 Å². The van der Waals surface area contributed by atoms with E-state index < -0.39 is 0 Å². The normalized spacial score (nSPS) is 10.8. The molecular formula is C17H19N5O3S3. The summed E-state index contributed by atoms with van der Waals surface area (Å²) in [6, 6.07) is 4.13. The fourth-order valence-electron chi connectivity index (χ4n) is 2.29. The first-order valence-corrected chi connectivity index (χ1v) is 11.3. The number of nitrogens with zero attached hydrogens (tertiary/aromatic N) is 4. The van der Waals surface area contributed by atoms with Crippen LogP contribution in [0.1, 0.15) is 17.5 Å². The van der Waals surface area contributed by atoms with Crippen LogP contribution in [-0.2, 0) is 33.7 Å². The van der Waals surface area contributed by atoms with E-state index >= 15 is 0 Å². The number of thiazole rings is 1. The minimum atomic E-state index is -0.330. The van der Waals surface area contributed by atoms with E-state index in [2.05, 4.69) is 31.9 Å². The second kappa shape index (κ2) is 10.3. The molecule has 3 rings (SSSR count). The van der Waals surface area contributed by atoms with Crippen LogP contribution >= 0.6 is 34.4 Å². The number of thiophene rings is 1. The highest BCUT2D eigenvalue weighted by Gasteiger charge is 2.12. The lowest BCUT2D eigenvalue weighted by molar-refractivity contribution is -0.142. The van der Waals surface area contributed by atoms with E-state index in [1.54, 1.807) is 30.0 Å². The van der Waals surface area contributed by atoms with Gasteiger partial charge in [0.15, 0.2) is 10.3 Å². The van der Waals surface area contributed by atoms with Crippen LogP contribution < -0.4 is 5.32 Å². The topological polar surface area (TPSA) is 99.0 Å².